The molecule has 0 radical (unpaired) electrons. The molecule has 1 aliphatic rings. The SMILES string of the molecule is CCOC(=O)[C@H](Cc1ccc(O)cc1)NC(=O)/C=C\C(=O)N1C/C(=C\c2ccccc2)C(=O)/C(=C/c2ccccc2)C1. The molecule has 1 aliphatic heterocycles. The van der Waals surface area contributed by atoms with Gasteiger partial charge >= 0.3 is 5.97 Å². The molecule has 8 nitrogen and oxygen atoms in total. The monoisotopic (exact) mass is 564 g/mol. The summed E-state index contributed by atoms with van der Waals surface area (Å²) in [6.45, 7) is 1.97. The molecule has 0 unspecified atom stereocenters. The van der Waals surface area contributed by atoms with Crippen LogP contribution < -0.4 is 5.32 Å². The highest BCUT2D eigenvalue weighted by molar-refractivity contribution is 6.15. The molecule has 2 amide bonds. The summed E-state index contributed by atoms with van der Waals surface area (Å²) in [6, 6.07) is 24.0. The van der Waals surface area contributed by atoms with Crippen molar-refractivity contribution in [2.24, 2.45) is 0 Å². The second kappa shape index (κ2) is 14.4. The van der Waals surface area contributed by atoms with E-state index >= 15 is 0 Å². The second-order valence-corrected chi connectivity index (χ2v) is 9.70. The Kier molecular flexibility index (Phi) is 10.2. The number of amides is 2. The zero-order valence-electron chi connectivity index (χ0n) is 23.2. The Bertz CT molecular complexity index is 1450. The standard InChI is InChI=1S/C34H32N2O6/c1-2-42-34(41)30(21-26-13-15-29(37)16-14-26)35-31(38)17-18-32(39)36-22-27(19-24-9-5-3-6-10-24)33(40)28(23-36)20-25-11-7-4-8-12-25/h3-20,30,37H,2,21-23H2,1H3,(H,35,38)/b18-17-,27-19+,28-20+/t30-/m0/s1. The summed E-state index contributed by atoms with van der Waals surface area (Å²) in [5.74, 6) is -1.77. The lowest BCUT2D eigenvalue weighted by Crippen LogP contribution is -2.43. The first-order valence-corrected chi connectivity index (χ1v) is 13.6. The lowest BCUT2D eigenvalue weighted by Gasteiger charge is -2.29. The van der Waals surface area contributed by atoms with Crippen LogP contribution in [0.25, 0.3) is 12.2 Å². The number of ketones is 1. The zero-order valence-corrected chi connectivity index (χ0v) is 23.2. The molecule has 1 saturated heterocycles. The van der Waals surface area contributed by atoms with Crippen LogP contribution in [0.4, 0.5) is 0 Å². The highest BCUT2D eigenvalue weighted by Gasteiger charge is 2.28. The lowest BCUT2D eigenvalue weighted by atomic mass is 9.94. The molecule has 214 valence electrons. The van der Waals surface area contributed by atoms with Gasteiger partial charge in [0.1, 0.15) is 11.8 Å². The summed E-state index contributed by atoms with van der Waals surface area (Å²) in [5.41, 5.74) is 3.29. The van der Waals surface area contributed by atoms with E-state index in [4.69, 9.17) is 4.74 Å². The fraction of sp³-hybridized carbons (Fsp3) is 0.176. The fourth-order valence-corrected chi connectivity index (χ4v) is 4.47. The number of rotatable bonds is 9. The first kappa shape index (κ1) is 29.7. The molecule has 0 bridgehead atoms. The van der Waals surface area contributed by atoms with Gasteiger partial charge in [0, 0.05) is 29.7 Å². The third-order valence-corrected chi connectivity index (χ3v) is 6.54. The number of nitrogens with one attached hydrogen (secondary N) is 1. The number of likely N-dealkylation sites (tertiary alicyclic amines) is 1. The maximum atomic E-state index is 13.4. The van der Waals surface area contributed by atoms with E-state index in [2.05, 4.69) is 5.32 Å². The van der Waals surface area contributed by atoms with Gasteiger partial charge in [0.15, 0.2) is 5.78 Å². The molecule has 3 aromatic carbocycles. The number of ether oxygens (including phenoxy) is 1. The zero-order chi connectivity index (χ0) is 29.9. The Morgan fingerprint density at radius 1 is 0.857 bits per heavy atom. The molecule has 3 aromatic rings. The fourth-order valence-electron chi connectivity index (χ4n) is 4.47. The van der Waals surface area contributed by atoms with Crippen molar-refractivity contribution in [1.29, 1.82) is 0 Å². The van der Waals surface area contributed by atoms with Gasteiger partial charge in [-0.25, -0.2) is 4.79 Å². The van der Waals surface area contributed by atoms with Crippen LogP contribution in [0.5, 0.6) is 5.75 Å². The topological polar surface area (TPSA) is 113 Å². The third kappa shape index (κ3) is 8.38. The Morgan fingerprint density at radius 3 is 1.93 bits per heavy atom. The molecule has 1 atom stereocenters. The molecule has 0 saturated carbocycles. The smallest absolute Gasteiger partial charge is 0.328 e. The number of carbonyl (C=O) groups excluding carboxylic acids is 4. The van der Waals surface area contributed by atoms with Crippen molar-refractivity contribution >= 4 is 35.7 Å². The van der Waals surface area contributed by atoms with E-state index in [0.717, 1.165) is 23.3 Å². The van der Waals surface area contributed by atoms with E-state index in [9.17, 15) is 24.3 Å². The van der Waals surface area contributed by atoms with Crippen LogP contribution in [0, 0.1) is 0 Å². The van der Waals surface area contributed by atoms with E-state index in [1.807, 2.05) is 60.7 Å². The number of phenolic OH excluding ortho intramolecular Hbond substituents is 1. The predicted molar refractivity (Wildman–Crippen MR) is 160 cm³/mol. The summed E-state index contributed by atoms with van der Waals surface area (Å²) >= 11 is 0. The first-order chi connectivity index (χ1) is 20.3. The maximum absolute atomic E-state index is 13.4. The largest absolute Gasteiger partial charge is 0.508 e. The molecule has 0 spiro atoms. The van der Waals surface area contributed by atoms with Gasteiger partial charge in [0.25, 0.3) is 0 Å². The van der Waals surface area contributed by atoms with Crippen LogP contribution in [0.1, 0.15) is 23.6 Å². The van der Waals surface area contributed by atoms with E-state index < -0.39 is 23.8 Å². The van der Waals surface area contributed by atoms with Crippen LogP contribution in [-0.2, 0) is 30.3 Å². The van der Waals surface area contributed by atoms with Crippen molar-refractivity contribution in [2.75, 3.05) is 19.7 Å². The lowest BCUT2D eigenvalue weighted by molar-refractivity contribution is -0.147. The molecule has 0 aromatic heterocycles. The first-order valence-electron chi connectivity index (χ1n) is 13.6. The minimum atomic E-state index is -0.991. The van der Waals surface area contributed by atoms with Crippen LogP contribution in [0.3, 0.4) is 0 Å². The normalized spacial score (nSPS) is 16.0. The number of piperidine rings is 1. The summed E-state index contributed by atoms with van der Waals surface area (Å²) in [7, 11) is 0. The number of aromatic hydroxyl groups is 1. The van der Waals surface area contributed by atoms with Gasteiger partial charge in [-0.3, -0.25) is 14.4 Å². The van der Waals surface area contributed by atoms with Gasteiger partial charge in [-0.05, 0) is 47.9 Å². The van der Waals surface area contributed by atoms with Gasteiger partial charge < -0.3 is 20.1 Å². The molecule has 1 fully saturated rings. The minimum absolute atomic E-state index is 0.0803. The van der Waals surface area contributed by atoms with Crippen LogP contribution >= 0.6 is 0 Å². The molecular formula is C34H32N2O6. The van der Waals surface area contributed by atoms with Crippen molar-refractivity contribution in [2.45, 2.75) is 19.4 Å². The molecule has 1 heterocycles. The van der Waals surface area contributed by atoms with Gasteiger partial charge in [-0.15, -0.1) is 0 Å². The Hall–Kier alpha value is -5.24. The Balaban J connectivity index is 1.51. The summed E-state index contributed by atoms with van der Waals surface area (Å²) in [5, 5.41) is 12.1. The Morgan fingerprint density at radius 2 is 1.40 bits per heavy atom. The van der Waals surface area contributed by atoms with Gasteiger partial charge in [-0.2, -0.15) is 0 Å². The number of hydrogen-bond donors (Lipinski definition) is 2. The van der Waals surface area contributed by atoms with Crippen LogP contribution in [0.2, 0.25) is 0 Å². The average molecular weight is 565 g/mol. The minimum Gasteiger partial charge on any atom is -0.508 e. The van der Waals surface area contributed by atoms with E-state index in [-0.39, 0.29) is 37.6 Å². The van der Waals surface area contributed by atoms with Crippen molar-refractivity contribution in [3.63, 3.8) is 0 Å². The quantitative estimate of drug-likeness (QED) is 0.299. The number of nitrogens with zero attached hydrogens (tertiary/aromatic N) is 1. The van der Waals surface area contributed by atoms with Crippen LogP contribution in [-0.4, -0.2) is 59.3 Å². The van der Waals surface area contributed by atoms with Gasteiger partial charge in [-0.1, -0.05) is 72.8 Å². The summed E-state index contributed by atoms with van der Waals surface area (Å²) in [6.07, 6.45) is 5.88. The van der Waals surface area contributed by atoms with E-state index in [1.165, 1.54) is 17.0 Å². The number of esters is 1. The molecular weight excluding hydrogens is 532 g/mol. The average Bonchev–Trinajstić information content (AvgIpc) is 2.99. The number of Topliss-reactive ketones (excluding diaryl/α,β-unsaturated/α-hetero) is 1. The number of hydrogen-bond acceptors (Lipinski definition) is 6. The second-order valence-electron chi connectivity index (χ2n) is 9.70. The van der Waals surface area contributed by atoms with Crippen molar-refractivity contribution in [1.82, 2.24) is 10.2 Å². The third-order valence-electron chi connectivity index (χ3n) is 6.54. The summed E-state index contributed by atoms with van der Waals surface area (Å²) < 4.78 is 5.11. The molecule has 8 heteroatoms. The number of benzene rings is 3. The van der Waals surface area contributed by atoms with Crippen molar-refractivity contribution in [3.8, 4) is 5.75 Å². The van der Waals surface area contributed by atoms with E-state index in [0.29, 0.717) is 16.7 Å². The summed E-state index contributed by atoms with van der Waals surface area (Å²) in [4.78, 5) is 53.4. The highest BCUT2D eigenvalue weighted by Crippen LogP contribution is 2.22. The van der Waals surface area contributed by atoms with Gasteiger partial charge in [0.2, 0.25) is 11.8 Å². The van der Waals surface area contributed by atoms with Gasteiger partial charge in [0.05, 0.1) is 19.7 Å². The van der Waals surface area contributed by atoms with Crippen LogP contribution in [0.15, 0.2) is 108 Å². The predicted octanol–water partition coefficient (Wildman–Crippen LogP) is 4.12. The Labute approximate surface area is 244 Å². The molecule has 42 heavy (non-hydrogen) atoms. The molecule has 4 rings (SSSR count). The molecule has 2 N–H and O–H groups in total. The van der Waals surface area contributed by atoms with Crippen molar-refractivity contribution < 1.29 is 29.0 Å². The number of phenols is 1. The number of carbonyl (C=O) groups is 4. The highest BCUT2D eigenvalue weighted by atomic mass is 16.5. The molecule has 0 aliphatic carbocycles. The van der Waals surface area contributed by atoms with Crippen molar-refractivity contribution in [3.05, 3.63) is 125 Å². The van der Waals surface area contributed by atoms with E-state index in [1.54, 1.807) is 31.2 Å². The maximum Gasteiger partial charge on any atom is 0.328 e.